The van der Waals surface area contributed by atoms with Gasteiger partial charge in [0.05, 0.1) is 6.61 Å². The lowest BCUT2D eigenvalue weighted by atomic mass is 9.76. The Bertz CT molecular complexity index is 2840. The van der Waals surface area contributed by atoms with Crippen LogP contribution in [0.2, 0.25) is 0 Å². The molecule has 0 radical (unpaired) electrons. The quantitative estimate of drug-likeness (QED) is 0.110. The van der Waals surface area contributed by atoms with Crippen LogP contribution in [0.5, 0.6) is 28.7 Å². The Kier molecular flexibility index (Phi) is 22.9. The van der Waals surface area contributed by atoms with Crippen molar-refractivity contribution in [3.8, 4) is 28.7 Å². The number of hydrogen-bond acceptors (Lipinski definition) is 6. The van der Waals surface area contributed by atoms with Crippen molar-refractivity contribution in [2.75, 3.05) is 6.61 Å². The average molecular weight is 1230 g/mol. The van der Waals surface area contributed by atoms with Crippen LogP contribution in [0.4, 0.5) is 0 Å². The Morgan fingerprint density at radius 3 is 0.920 bits per heavy atom. The van der Waals surface area contributed by atoms with Crippen LogP contribution in [0.1, 0.15) is 314 Å². The van der Waals surface area contributed by atoms with E-state index in [0.717, 1.165) is 58.3 Å². The van der Waals surface area contributed by atoms with Gasteiger partial charge in [-0.25, -0.2) is 0 Å². The molecule has 0 aromatic heterocycles. The van der Waals surface area contributed by atoms with E-state index in [4.69, 9.17) is 27.1 Å². The summed E-state index contributed by atoms with van der Waals surface area (Å²) in [5.41, 5.74) is 14.3. The molecule has 5 aromatic rings. The number of fused-ring (bicyclic) bond motifs is 2. The van der Waals surface area contributed by atoms with Gasteiger partial charge >= 0.3 is 17.2 Å². The van der Waals surface area contributed by atoms with Gasteiger partial charge in [-0.05, 0) is 124 Å². The SMILES string of the molecule is CC(C)(C)c1ccc(OP(Oc2ccc(C(C)(C)C)cc2C(C)(C)C)Oc2ccc(C(C)(C)C)cc2C(C)(C)C)c(C(C)(C)C)c1.CCCCC(CC)COP1Oc2c(cc(C(C)(C)C)cc2C(C)(C)C)Cc2cc(C(C)(C)C)cc(C(C)(C)C)c2O1. The van der Waals surface area contributed by atoms with Crippen LogP contribution in [0, 0.1) is 5.92 Å². The molecule has 1 unspecified atom stereocenters. The van der Waals surface area contributed by atoms with Gasteiger partial charge in [0, 0.05) is 34.2 Å². The molecule has 0 N–H and O–H groups in total. The van der Waals surface area contributed by atoms with E-state index in [1.54, 1.807) is 0 Å². The molecule has 0 aliphatic carbocycles. The van der Waals surface area contributed by atoms with Crippen molar-refractivity contribution in [2.24, 2.45) is 5.92 Å². The van der Waals surface area contributed by atoms with E-state index in [0.29, 0.717) is 12.5 Å². The summed E-state index contributed by atoms with van der Waals surface area (Å²) in [5, 5.41) is 0. The molecule has 0 spiro atoms. The molecule has 8 heteroatoms. The minimum atomic E-state index is -1.89. The third-order valence-corrected chi connectivity index (χ3v) is 18.9. The van der Waals surface area contributed by atoms with Crippen LogP contribution in [0.15, 0.2) is 78.9 Å². The third kappa shape index (κ3) is 20.0. The van der Waals surface area contributed by atoms with Gasteiger partial charge in [-0.2, -0.15) is 0 Å². The molecular formula is C79H122O6P2. The zero-order valence-electron chi connectivity index (χ0n) is 61.2. The van der Waals surface area contributed by atoms with Gasteiger partial charge in [0.15, 0.2) is 0 Å². The molecule has 6 rings (SSSR count). The van der Waals surface area contributed by atoms with E-state index in [2.05, 4.69) is 300 Å². The first kappa shape index (κ1) is 73.7. The third-order valence-electron chi connectivity index (χ3n) is 16.8. The Labute approximate surface area is 536 Å². The number of rotatable bonds is 13. The molecule has 5 aromatic carbocycles. The maximum Gasteiger partial charge on any atom is 0.530 e. The summed E-state index contributed by atoms with van der Waals surface area (Å²) < 4.78 is 41.1. The standard InChI is InChI=1S/C42H63O3P.C37H59O3P/c1-37(2,3)28-19-22-34(31(25-28)40(10,11)12)43-46(44-35-23-20-29(38(4,5)6)26-32(35)41(13,14)15)45-36-24-21-30(39(7,8)9)27-33(36)42(16,17)18;1-15-17-18-25(16-2)24-38-41-39-32-26(20-28(34(3,4)5)22-30(32)36(9,10)11)19-27-21-29(35(6,7)8)23-31(33(27)40-41)37(12,13)14/h19-27H,1-18H3;20-23,25H,15-19,24H2,1-14H3. The Hall–Kier alpha value is -4.08. The normalized spacial score (nSPS) is 14.6. The van der Waals surface area contributed by atoms with Gasteiger partial charge in [-0.1, -0.05) is 301 Å². The van der Waals surface area contributed by atoms with Crippen LogP contribution in [0.3, 0.4) is 0 Å². The second-order valence-corrected chi connectivity index (χ2v) is 37.5. The van der Waals surface area contributed by atoms with Crippen LogP contribution in [0.25, 0.3) is 0 Å². The van der Waals surface area contributed by atoms with Crippen molar-refractivity contribution in [1.82, 2.24) is 0 Å². The van der Waals surface area contributed by atoms with Gasteiger partial charge in [0.1, 0.15) is 28.7 Å². The van der Waals surface area contributed by atoms with Crippen molar-refractivity contribution >= 4 is 17.2 Å². The molecule has 0 amide bonds. The second kappa shape index (κ2) is 27.0. The van der Waals surface area contributed by atoms with E-state index < -0.39 is 17.2 Å². The highest BCUT2D eigenvalue weighted by Crippen LogP contribution is 2.55. The lowest BCUT2D eigenvalue weighted by Crippen LogP contribution is -2.22. The van der Waals surface area contributed by atoms with Crippen molar-refractivity contribution < 1.29 is 27.1 Å². The first-order valence-electron chi connectivity index (χ1n) is 32.8. The zero-order chi connectivity index (χ0) is 66.2. The molecule has 0 fully saturated rings. The number of hydrogen-bond donors (Lipinski definition) is 0. The van der Waals surface area contributed by atoms with Crippen LogP contribution in [-0.2, 0) is 65.1 Å². The first-order valence-corrected chi connectivity index (χ1v) is 35.0. The first-order chi connectivity index (χ1) is 39.3. The molecule has 0 saturated carbocycles. The lowest BCUT2D eigenvalue weighted by molar-refractivity contribution is 0.205. The van der Waals surface area contributed by atoms with E-state index >= 15 is 0 Å². The summed E-state index contributed by atoms with van der Waals surface area (Å²) in [5.74, 6) is 4.77. The van der Waals surface area contributed by atoms with Crippen molar-refractivity contribution in [2.45, 2.75) is 308 Å². The Balaban J connectivity index is 0.000000319. The van der Waals surface area contributed by atoms with Crippen LogP contribution >= 0.6 is 17.2 Å². The van der Waals surface area contributed by atoms with Crippen LogP contribution in [-0.4, -0.2) is 6.61 Å². The molecule has 1 heterocycles. The van der Waals surface area contributed by atoms with Gasteiger partial charge in [-0.3, -0.25) is 4.52 Å². The topological polar surface area (TPSA) is 55.4 Å². The van der Waals surface area contributed by atoms with Crippen molar-refractivity contribution in [1.29, 1.82) is 0 Å². The molecule has 87 heavy (non-hydrogen) atoms. The smallest absolute Gasteiger partial charge is 0.417 e. The second-order valence-electron chi connectivity index (χ2n) is 35.4. The van der Waals surface area contributed by atoms with Gasteiger partial charge in [0.25, 0.3) is 0 Å². The van der Waals surface area contributed by atoms with Crippen molar-refractivity contribution in [3.63, 3.8) is 0 Å². The monoisotopic (exact) mass is 1230 g/mol. The average Bonchev–Trinajstić information content (AvgIpc) is 1.14. The Morgan fingerprint density at radius 2 is 0.667 bits per heavy atom. The summed E-state index contributed by atoms with van der Waals surface area (Å²) >= 11 is 0. The van der Waals surface area contributed by atoms with E-state index in [-0.39, 0.29) is 54.1 Å². The molecule has 6 nitrogen and oxygen atoms in total. The fraction of sp³-hybridized carbons (Fsp3) is 0.620. The predicted octanol–water partition coefficient (Wildman–Crippen LogP) is 24.9. The highest BCUT2D eigenvalue weighted by Gasteiger charge is 2.37. The summed E-state index contributed by atoms with van der Waals surface area (Å²) in [6, 6.07) is 29.2. The van der Waals surface area contributed by atoms with Gasteiger partial charge in [0.2, 0.25) is 0 Å². The zero-order valence-corrected chi connectivity index (χ0v) is 63.0. The van der Waals surface area contributed by atoms with E-state index in [1.165, 1.54) is 69.3 Å². The molecule has 0 saturated heterocycles. The highest BCUT2D eigenvalue weighted by molar-refractivity contribution is 7.43. The fourth-order valence-electron chi connectivity index (χ4n) is 10.6. The minimum Gasteiger partial charge on any atom is -0.417 e. The maximum absolute atomic E-state index is 6.90. The maximum atomic E-state index is 6.90. The van der Waals surface area contributed by atoms with Gasteiger partial charge in [-0.15, -0.1) is 0 Å². The molecule has 1 atom stereocenters. The largest absolute Gasteiger partial charge is 0.530 e. The number of benzene rings is 5. The minimum absolute atomic E-state index is 0.0170. The van der Waals surface area contributed by atoms with E-state index in [1.807, 2.05) is 0 Å². The molecule has 484 valence electrons. The predicted molar refractivity (Wildman–Crippen MR) is 378 cm³/mol. The Morgan fingerprint density at radius 1 is 0.379 bits per heavy atom. The molecule has 1 aliphatic rings. The molecular weight excluding hydrogens is 1110 g/mol. The van der Waals surface area contributed by atoms with Gasteiger partial charge < -0.3 is 22.6 Å². The van der Waals surface area contributed by atoms with E-state index in [9.17, 15) is 0 Å². The summed E-state index contributed by atoms with van der Waals surface area (Å²) in [4.78, 5) is 0. The van der Waals surface area contributed by atoms with Crippen LogP contribution < -0.4 is 22.6 Å². The fourth-order valence-corrected chi connectivity index (χ4v) is 12.9. The summed E-state index contributed by atoms with van der Waals surface area (Å²) in [6.45, 7) is 73.0. The lowest BCUT2D eigenvalue weighted by Gasteiger charge is -2.34. The van der Waals surface area contributed by atoms with Crippen molar-refractivity contribution in [3.05, 3.63) is 146 Å². The molecule has 1 aliphatic heterocycles. The summed E-state index contributed by atoms with van der Waals surface area (Å²) in [6.07, 6.45) is 5.46. The highest BCUT2D eigenvalue weighted by atomic mass is 31.2. The number of unbranched alkanes of at least 4 members (excludes halogenated alkanes) is 1. The molecule has 0 bridgehead atoms. The summed E-state index contributed by atoms with van der Waals surface area (Å²) in [7, 11) is -3.54.